The largest absolute Gasteiger partial charge is 0.493 e. The molecule has 1 N–H and O–H groups in total. The molecule has 2 heterocycles. The molecule has 5 heteroatoms. The molecular weight excluding hydrogens is 312 g/mol. The van der Waals surface area contributed by atoms with Crippen molar-refractivity contribution < 1.29 is 9.53 Å². The van der Waals surface area contributed by atoms with Crippen molar-refractivity contribution in [1.29, 1.82) is 0 Å². The van der Waals surface area contributed by atoms with Gasteiger partial charge in [-0.1, -0.05) is 12.1 Å². The Bertz CT molecular complexity index is 566. The summed E-state index contributed by atoms with van der Waals surface area (Å²) < 4.78 is 5.55. The fourth-order valence-corrected chi connectivity index (χ4v) is 3.50. The van der Waals surface area contributed by atoms with Gasteiger partial charge in [0, 0.05) is 38.0 Å². The molecule has 1 aliphatic carbocycles. The van der Waals surface area contributed by atoms with Crippen molar-refractivity contribution >= 4 is 18.3 Å². The number of benzene rings is 1. The molecule has 0 spiro atoms. The van der Waals surface area contributed by atoms with Crippen LogP contribution in [-0.2, 0) is 17.8 Å². The quantitative estimate of drug-likeness (QED) is 0.918. The number of ether oxygens (including phenoxy) is 1. The first-order valence-corrected chi connectivity index (χ1v) is 8.56. The molecule has 0 aromatic heterocycles. The summed E-state index contributed by atoms with van der Waals surface area (Å²) in [5, 5.41) is 3.65. The van der Waals surface area contributed by atoms with E-state index in [1.54, 1.807) is 0 Å². The third-order valence-electron chi connectivity index (χ3n) is 5.08. The van der Waals surface area contributed by atoms with Crippen LogP contribution in [0, 0.1) is 5.92 Å². The molecule has 1 amide bonds. The van der Waals surface area contributed by atoms with Crippen molar-refractivity contribution in [2.24, 2.45) is 5.92 Å². The van der Waals surface area contributed by atoms with Gasteiger partial charge in [0.2, 0.25) is 5.91 Å². The van der Waals surface area contributed by atoms with Crippen molar-refractivity contribution in [3.05, 3.63) is 29.3 Å². The van der Waals surface area contributed by atoms with E-state index >= 15 is 0 Å². The van der Waals surface area contributed by atoms with Gasteiger partial charge in [-0.3, -0.25) is 4.79 Å². The summed E-state index contributed by atoms with van der Waals surface area (Å²) in [6.07, 6.45) is 5.40. The first kappa shape index (κ1) is 16.6. The Morgan fingerprint density at radius 3 is 2.74 bits per heavy atom. The van der Waals surface area contributed by atoms with E-state index in [9.17, 15) is 4.79 Å². The van der Waals surface area contributed by atoms with Crippen molar-refractivity contribution in [3.8, 4) is 5.75 Å². The summed E-state index contributed by atoms with van der Waals surface area (Å²) in [5.74, 6) is 1.81. The van der Waals surface area contributed by atoms with Gasteiger partial charge in [0.05, 0.1) is 6.61 Å². The molecule has 1 saturated heterocycles. The van der Waals surface area contributed by atoms with Crippen LogP contribution in [0.15, 0.2) is 18.2 Å². The lowest BCUT2D eigenvalue weighted by molar-refractivity contribution is -0.133. The molecule has 0 unspecified atom stereocenters. The number of carbonyl (C=O) groups excluding carboxylic acids is 1. The van der Waals surface area contributed by atoms with Gasteiger partial charge in [-0.2, -0.15) is 0 Å². The number of amides is 1. The van der Waals surface area contributed by atoms with Crippen LogP contribution in [0.2, 0.25) is 0 Å². The number of hydrogen-bond acceptors (Lipinski definition) is 3. The summed E-state index contributed by atoms with van der Waals surface area (Å²) in [7, 11) is 0. The minimum atomic E-state index is 0. The first-order chi connectivity index (χ1) is 10.8. The maximum Gasteiger partial charge on any atom is 0.225 e. The van der Waals surface area contributed by atoms with E-state index in [0.717, 1.165) is 64.1 Å². The first-order valence-electron chi connectivity index (χ1n) is 8.56. The normalized spacial score (nSPS) is 20.6. The molecule has 126 valence electrons. The number of carbonyl (C=O) groups is 1. The van der Waals surface area contributed by atoms with Gasteiger partial charge in [0.15, 0.2) is 0 Å². The van der Waals surface area contributed by atoms with Crippen LogP contribution in [0.5, 0.6) is 5.75 Å². The molecule has 4 rings (SSSR count). The van der Waals surface area contributed by atoms with E-state index in [2.05, 4.69) is 28.4 Å². The number of piperidine rings is 1. The van der Waals surface area contributed by atoms with Gasteiger partial charge in [0.25, 0.3) is 0 Å². The molecule has 3 aliphatic rings. The van der Waals surface area contributed by atoms with Crippen LogP contribution in [0.3, 0.4) is 0 Å². The molecule has 23 heavy (non-hydrogen) atoms. The van der Waals surface area contributed by atoms with E-state index in [4.69, 9.17) is 4.74 Å². The summed E-state index contributed by atoms with van der Waals surface area (Å²) in [5.41, 5.74) is 2.67. The van der Waals surface area contributed by atoms with Crippen LogP contribution in [-0.4, -0.2) is 36.5 Å². The maximum absolute atomic E-state index is 12.0. The Labute approximate surface area is 144 Å². The lowest BCUT2D eigenvalue weighted by Crippen LogP contribution is -2.45. The summed E-state index contributed by atoms with van der Waals surface area (Å²) in [6, 6.07) is 7.05. The number of fused-ring (bicyclic) bond motifs is 1. The average Bonchev–Trinajstić information content (AvgIpc) is 3.30. The number of nitrogens with zero attached hydrogens (tertiary/aromatic N) is 1. The highest BCUT2D eigenvalue weighted by Crippen LogP contribution is 2.32. The minimum Gasteiger partial charge on any atom is -0.493 e. The van der Waals surface area contributed by atoms with Crippen molar-refractivity contribution in [3.63, 3.8) is 0 Å². The Morgan fingerprint density at radius 1 is 1.22 bits per heavy atom. The maximum atomic E-state index is 12.0. The topological polar surface area (TPSA) is 41.6 Å². The number of halogens is 1. The Hall–Kier alpha value is -1.26. The predicted molar refractivity (Wildman–Crippen MR) is 92.1 cm³/mol. The second kappa shape index (κ2) is 7.10. The Morgan fingerprint density at radius 2 is 2.00 bits per heavy atom. The number of hydrogen-bond donors (Lipinski definition) is 1. The number of nitrogens with one attached hydrogen (secondary N) is 1. The van der Waals surface area contributed by atoms with Crippen molar-refractivity contribution in [2.45, 2.75) is 44.7 Å². The van der Waals surface area contributed by atoms with Crippen LogP contribution < -0.4 is 10.1 Å². The molecule has 1 saturated carbocycles. The smallest absolute Gasteiger partial charge is 0.225 e. The van der Waals surface area contributed by atoms with Crippen molar-refractivity contribution in [2.75, 3.05) is 19.7 Å². The molecule has 1 aromatic rings. The van der Waals surface area contributed by atoms with Gasteiger partial charge in [-0.25, -0.2) is 0 Å². The third kappa shape index (κ3) is 3.81. The van der Waals surface area contributed by atoms with Gasteiger partial charge < -0.3 is 15.0 Å². The Kier molecular flexibility index (Phi) is 5.12. The average molecular weight is 337 g/mol. The van der Waals surface area contributed by atoms with Crippen LogP contribution in [0.4, 0.5) is 0 Å². The molecular formula is C18H25ClN2O2. The number of rotatable bonds is 4. The monoisotopic (exact) mass is 336 g/mol. The van der Waals surface area contributed by atoms with Gasteiger partial charge >= 0.3 is 0 Å². The highest BCUT2D eigenvalue weighted by Gasteiger charge is 2.34. The molecule has 0 atom stereocenters. The SMILES string of the molecule is Cl.O=C(C1CC1)N1CCC(NCc2ccc3c(c2)CCO3)CC1. The predicted octanol–water partition coefficient (Wildman–Crippen LogP) is 2.53. The van der Waals surface area contributed by atoms with E-state index in [-0.39, 0.29) is 12.4 Å². The molecule has 2 aliphatic heterocycles. The summed E-state index contributed by atoms with van der Waals surface area (Å²) in [4.78, 5) is 14.1. The molecule has 1 aromatic carbocycles. The van der Waals surface area contributed by atoms with E-state index in [1.165, 1.54) is 11.1 Å². The zero-order valence-electron chi connectivity index (χ0n) is 13.4. The second-order valence-corrected chi connectivity index (χ2v) is 6.80. The fraction of sp³-hybridized carbons (Fsp3) is 0.611. The summed E-state index contributed by atoms with van der Waals surface area (Å²) >= 11 is 0. The molecule has 4 nitrogen and oxygen atoms in total. The lowest BCUT2D eigenvalue weighted by atomic mass is 10.0. The van der Waals surface area contributed by atoms with E-state index < -0.39 is 0 Å². The highest BCUT2D eigenvalue weighted by atomic mass is 35.5. The standard InChI is InChI=1S/C18H24N2O2.ClH/c21-18(14-2-3-14)20-8-5-16(6-9-20)19-12-13-1-4-17-15(11-13)7-10-22-17;/h1,4,11,14,16,19H,2-3,5-10,12H2;1H. The van der Waals surface area contributed by atoms with Crippen molar-refractivity contribution in [1.82, 2.24) is 10.2 Å². The molecule has 2 fully saturated rings. The van der Waals surface area contributed by atoms with Crippen LogP contribution in [0.25, 0.3) is 0 Å². The van der Waals surface area contributed by atoms with Gasteiger partial charge in [-0.05, 0) is 42.9 Å². The molecule has 0 radical (unpaired) electrons. The highest BCUT2D eigenvalue weighted by molar-refractivity contribution is 5.85. The van der Waals surface area contributed by atoms with Gasteiger partial charge in [-0.15, -0.1) is 12.4 Å². The van der Waals surface area contributed by atoms with Crippen LogP contribution >= 0.6 is 12.4 Å². The zero-order valence-corrected chi connectivity index (χ0v) is 14.2. The number of likely N-dealkylation sites (tertiary alicyclic amines) is 1. The van der Waals surface area contributed by atoms with E-state index in [1.807, 2.05) is 0 Å². The van der Waals surface area contributed by atoms with E-state index in [0.29, 0.717) is 17.9 Å². The van der Waals surface area contributed by atoms with Crippen LogP contribution in [0.1, 0.15) is 36.8 Å². The zero-order chi connectivity index (χ0) is 14.9. The lowest BCUT2D eigenvalue weighted by Gasteiger charge is -2.32. The fourth-order valence-electron chi connectivity index (χ4n) is 3.50. The second-order valence-electron chi connectivity index (χ2n) is 6.80. The van der Waals surface area contributed by atoms with Gasteiger partial charge in [0.1, 0.15) is 5.75 Å². The minimum absolute atomic E-state index is 0. The summed E-state index contributed by atoms with van der Waals surface area (Å²) in [6.45, 7) is 3.57. The third-order valence-corrected chi connectivity index (χ3v) is 5.08. The molecule has 0 bridgehead atoms. The Balaban J connectivity index is 0.00000156.